The predicted octanol–water partition coefficient (Wildman–Crippen LogP) is 3.05. The van der Waals surface area contributed by atoms with Crippen LogP contribution in [-0.2, 0) is 0 Å². The van der Waals surface area contributed by atoms with Crippen LogP contribution in [-0.4, -0.2) is 48.4 Å². The Morgan fingerprint density at radius 3 is 2.69 bits per heavy atom. The molecule has 8 nitrogen and oxygen atoms in total. The van der Waals surface area contributed by atoms with Gasteiger partial charge < -0.3 is 24.8 Å². The minimum atomic E-state index is -0.390. The highest BCUT2D eigenvalue weighted by atomic mass is 35.5. The van der Waals surface area contributed by atoms with Crippen LogP contribution in [0.5, 0.6) is 5.75 Å². The number of rotatable bonds is 4. The van der Waals surface area contributed by atoms with Crippen LogP contribution >= 0.6 is 23.2 Å². The summed E-state index contributed by atoms with van der Waals surface area (Å²) in [6.45, 7) is 1.74. The molecule has 10 heteroatoms. The van der Waals surface area contributed by atoms with Crippen molar-refractivity contribution in [2.45, 2.75) is 13.2 Å². The maximum Gasteiger partial charge on any atom is 0.261 e. The number of hydrogen-bond donors (Lipinski definition) is 2. The summed E-state index contributed by atoms with van der Waals surface area (Å²) >= 11 is 12.6. The largest absolute Gasteiger partial charge is 0.496 e. The second-order valence-electron chi connectivity index (χ2n) is 5.57. The van der Waals surface area contributed by atoms with Gasteiger partial charge in [0.1, 0.15) is 11.6 Å². The van der Waals surface area contributed by atoms with Gasteiger partial charge in [-0.15, -0.1) is 0 Å². The van der Waals surface area contributed by atoms with Gasteiger partial charge in [0.05, 0.1) is 28.4 Å². The summed E-state index contributed by atoms with van der Waals surface area (Å²) in [4.78, 5) is 10.6. The van der Waals surface area contributed by atoms with E-state index in [9.17, 15) is 0 Å². The predicted molar refractivity (Wildman–Crippen MR) is 102 cm³/mol. The van der Waals surface area contributed by atoms with Crippen LogP contribution in [0.2, 0.25) is 5.02 Å². The summed E-state index contributed by atoms with van der Waals surface area (Å²) < 4.78 is 10.7. The summed E-state index contributed by atoms with van der Waals surface area (Å²) in [5.74, 6) is 2.00. The maximum atomic E-state index is 6.45. The first-order valence-corrected chi connectivity index (χ1v) is 8.48. The molecule has 2 aromatic rings. The van der Waals surface area contributed by atoms with Crippen LogP contribution in [0.4, 0.5) is 5.69 Å². The molecule has 1 aromatic heterocycles. The highest BCUT2D eigenvalue weighted by Gasteiger charge is 2.22. The van der Waals surface area contributed by atoms with Gasteiger partial charge in [-0.1, -0.05) is 28.4 Å². The molecule has 0 aliphatic carbocycles. The fourth-order valence-electron chi connectivity index (χ4n) is 2.45. The molecule has 1 aromatic carbocycles. The van der Waals surface area contributed by atoms with E-state index in [0.29, 0.717) is 44.6 Å². The number of methoxy groups -OCH3 is 1. The van der Waals surface area contributed by atoms with Gasteiger partial charge >= 0.3 is 0 Å². The molecule has 2 N–H and O–H groups in total. The highest BCUT2D eigenvalue weighted by Crippen LogP contribution is 2.37. The molecule has 0 amide bonds. The van der Waals surface area contributed by atoms with E-state index in [0.717, 1.165) is 0 Å². The van der Waals surface area contributed by atoms with Crippen molar-refractivity contribution in [3.05, 3.63) is 34.2 Å². The van der Waals surface area contributed by atoms with Gasteiger partial charge in [0.15, 0.2) is 12.1 Å². The zero-order chi connectivity index (χ0) is 18.8. The van der Waals surface area contributed by atoms with Gasteiger partial charge in [-0.2, -0.15) is 4.98 Å². The zero-order valence-corrected chi connectivity index (χ0v) is 16.2. The molecule has 0 saturated heterocycles. The summed E-state index contributed by atoms with van der Waals surface area (Å²) in [6, 6.07) is 3.48. The van der Waals surface area contributed by atoms with Gasteiger partial charge in [0.2, 0.25) is 0 Å². The van der Waals surface area contributed by atoms with Crippen LogP contribution in [0, 0.1) is 6.92 Å². The standard InChI is InChI=1S/C16H18Cl2N6O2/c1-8-20-15(26-23-8)9-5-10(17)12(6-13(9)25-4)21-16-22-14(19-2)11(18)7-24(16)3/h5-7,16,21H,1-4H3,(H,19,22). The van der Waals surface area contributed by atoms with E-state index in [2.05, 4.69) is 25.8 Å². The number of aliphatic imine (C=N–C) groups is 1. The molecule has 0 bridgehead atoms. The van der Waals surface area contributed by atoms with Crippen molar-refractivity contribution in [1.82, 2.24) is 20.4 Å². The molecular weight excluding hydrogens is 379 g/mol. The number of likely N-dealkylation sites (N-methyl/N-ethyl adjacent to an activating group) is 1. The third-order valence-electron chi connectivity index (χ3n) is 3.75. The zero-order valence-electron chi connectivity index (χ0n) is 14.7. The van der Waals surface area contributed by atoms with Crippen molar-refractivity contribution in [2.75, 3.05) is 26.5 Å². The lowest BCUT2D eigenvalue weighted by atomic mass is 10.1. The molecule has 0 radical (unpaired) electrons. The van der Waals surface area contributed by atoms with Crippen LogP contribution < -0.4 is 15.4 Å². The Balaban J connectivity index is 1.93. The number of aryl methyl sites for hydroxylation is 1. The molecule has 0 fully saturated rings. The molecule has 1 unspecified atom stereocenters. The molecule has 0 saturated carbocycles. The van der Waals surface area contributed by atoms with E-state index in [-0.39, 0.29) is 0 Å². The van der Waals surface area contributed by atoms with Crippen molar-refractivity contribution >= 4 is 34.7 Å². The van der Waals surface area contributed by atoms with Gasteiger partial charge in [-0.05, 0) is 13.0 Å². The number of nitrogens with one attached hydrogen (secondary N) is 2. The number of hydrogen-bond acceptors (Lipinski definition) is 8. The molecular formula is C16H18Cl2N6O2. The SMILES string of the molecule is CNC1=NC(Nc2cc(OC)c(-c3nc(C)no3)cc2Cl)N(C)C=C1Cl. The number of amidine groups is 1. The lowest BCUT2D eigenvalue weighted by Gasteiger charge is -2.30. The quantitative estimate of drug-likeness (QED) is 0.820. The Labute approximate surface area is 160 Å². The van der Waals surface area contributed by atoms with E-state index in [1.165, 1.54) is 0 Å². The van der Waals surface area contributed by atoms with Crippen molar-refractivity contribution in [2.24, 2.45) is 4.99 Å². The second-order valence-corrected chi connectivity index (χ2v) is 6.38. The molecule has 3 rings (SSSR count). The number of anilines is 1. The Morgan fingerprint density at radius 1 is 1.31 bits per heavy atom. The molecule has 1 aliphatic rings. The fourth-order valence-corrected chi connectivity index (χ4v) is 2.96. The van der Waals surface area contributed by atoms with Crippen LogP contribution in [0.1, 0.15) is 5.82 Å². The molecule has 2 heterocycles. The molecule has 26 heavy (non-hydrogen) atoms. The third-order valence-corrected chi connectivity index (χ3v) is 4.34. The monoisotopic (exact) mass is 396 g/mol. The number of ether oxygens (including phenoxy) is 1. The third kappa shape index (κ3) is 3.56. The summed E-state index contributed by atoms with van der Waals surface area (Å²) in [7, 11) is 5.18. The Hall–Kier alpha value is -2.45. The smallest absolute Gasteiger partial charge is 0.261 e. The van der Waals surface area contributed by atoms with Crippen LogP contribution in [0.25, 0.3) is 11.5 Å². The fraction of sp³-hybridized carbons (Fsp3) is 0.312. The normalized spacial score (nSPS) is 16.8. The summed E-state index contributed by atoms with van der Waals surface area (Å²) in [5, 5.41) is 11.0. The molecule has 0 spiro atoms. The van der Waals surface area contributed by atoms with Gasteiger partial charge in [-0.3, -0.25) is 0 Å². The van der Waals surface area contributed by atoms with Crippen LogP contribution in [0.15, 0.2) is 32.9 Å². The minimum Gasteiger partial charge on any atom is -0.496 e. The van der Waals surface area contributed by atoms with Gasteiger partial charge in [0, 0.05) is 26.4 Å². The number of halogens is 2. The van der Waals surface area contributed by atoms with E-state index in [1.54, 1.807) is 39.4 Å². The van der Waals surface area contributed by atoms with Crippen molar-refractivity contribution in [3.8, 4) is 17.2 Å². The first-order valence-electron chi connectivity index (χ1n) is 7.73. The lowest BCUT2D eigenvalue weighted by Crippen LogP contribution is -2.39. The molecule has 138 valence electrons. The van der Waals surface area contributed by atoms with Gasteiger partial charge in [-0.25, -0.2) is 4.99 Å². The highest BCUT2D eigenvalue weighted by molar-refractivity contribution is 6.43. The Bertz CT molecular complexity index is 880. The molecule has 1 aliphatic heterocycles. The first-order chi connectivity index (χ1) is 12.4. The Morgan fingerprint density at radius 2 is 2.08 bits per heavy atom. The van der Waals surface area contributed by atoms with Crippen molar-refractivity contribution in [1.29, 1.82) is 0 Å². The lowest BCUT2D eigenvalue weighted by molar-refractivity contribution is 0.365. The number of aromatic nitrogens is 2. The number of benzene rings is 1. The average molecular weight is 397 g/mol. The maximum absolute atomic E-state index is 6.45. The molecule has 1 atom stereocenters. The summed E-state index contributed by atoms with van der Waals surface area (Å²) in [5.41, 5.74) is 1.26. The average Bonchev–Trinajstić information content (AvgIpc) is 3.04. The summed E-state index contributed by atoms with van der Waals surface area (Å²) in [6.07, 6.45) is 1.39. The van der Waals surface area contributed by atoms with Crippen molar-refractivity contribution < 1.29 is 9.26 Å². The van der Waals surface area contributed by atoms with Crippen molar-refractivity contribution in [3.63, 3.8) is 0 Å². The second kappa shape index (κ2) is 7.43. The topological polar surface area (TPSA) is 87.8 Å². The minimum absolute atomic E-state index is 0.341. The van der Waals surface area contributed by atoms with E-state index in [4.69, 9.17) is 32.5 Å². The van der Waals surface area contributed by atoms with E-state index < -0.39 is 6.29 Å². The van der Waals surface area contributed by atoms with E-state index in [1.807, 2.05) is 11.9 Å². The van der Waals surface area contributed by atoms with E-state index >= 15 is 0 Å². The number of nitrogens with zero attached hydrogens (tertiary/aromatic N) is 4. The van der Waals surface area contributed by atoms with Gasteiger partial charge in [0.25, 0.3) is 5.89 Å². The van der Waals surface area contributed by atoms with Crippen LogP contribution in [0.3, 0.4) is 0 Å². The first kappa shape index (κ1) is 18.3. The Kier molecular flexibility index (Phi) is 5.24.